The third-order valence-corrected chi connectivity index (χ3v) is 3.70. The second kappa shape index (κ2) is 5.19. The van der Waals surface area contributed by atoms with Crippen molar-refractivity contribution in [3.05, 3.63) is 41.7 Å². The van der Waals surface area contributed by atoms with Crippen LogP contribution < -0.4 is 5.73 Å². The number of nitrogens with two attached hydrogens (primary N) is 1. The van der Waals surface area contributed by atoms with E-state index in [1.54, 1.807) is 23.9 Å². The number of benzene rings is 1. The van der Waals surface area contributed by atoms with Crippen LogP contribution in [0, 0.1) is 11.3 Å². The van der Waals surface area contributed by atoms with Crippen molar-refractivity contribution in [3.8, 4) is 6.07 Å². The van der Waals surface area contributed by atoms with Crippen LogP contribution in [-0.4, -0.2) is 19.9 Å². The Morgan fingerprint density at radius 2 is 2.05 bits per heavy atom. The quantitative estimate of drug-likeness (QED) is 0.713. The number of aromatic nitrogens is 4. The zero-order valence-electron chi connectivity index (χ0n) is 10.4. The van der Waals surface area contributed by atoms with Gasteiger partial charge in [0, 0.05) is 5.75 Å². The van der Waals surface area contributed by atoms with Crippen LogP contribution in [0.25, 0.3) is 11.2 Å². The first-order chi connectivity index (χ1) is 9.76. The summed E-state index contributed by atoms with van der Waals surface area (Å²) in [5.74, 6) is 1.14. The van der Waals surface area contributed by atoms with E-state index in [9.17, 15) is 0 Å². The summed E-state index contributed by atoms with van der Waals surface area (Å²) in [6.45, 7) is 0. The fourth-order valence-corrected chi connectivity index (χ4v) is 2.54. The first kappa shape index (κ1) is 12.4. The third kappa shape index (κ3) is 2.41. The van der Waals surface area contributed by atoms with Crippen LogP contribution in [0.15, 0.2) is 35.7 Å². The third-order valence-electron chi connectivity index (χ3n) is 2.75. The molecule has 0 radical (unpaired) electrons. The van der Waals surface area contributed by atoms with Crippen LogP contribution in [0.4, 0.5) is 5.82 Å². The summed E-state index contributed by atoms with van der Waals surface area (Å²) < 4.78 is 0. The molecule has 0 saturated carbocycles. The number of hydrogen-bond acceptors (Lipinski definition) is 6. The van der Waals surface area contributed by atoms with Crippen molar-refractivity contribution < 1.29 is 0 Å². The van der Waals surface area contributed by atoms with Gasteiger partial charge in [-0.15, -0.1) is 0 Å². The van der Waals surface area contributed by atoms with E-state index in [1.807, 2.05) is 12.1 Å². The molecule has 3 rings (SSSR count). The second-order valence-electron chi connectivity index (χ2n) is 4.10. The number of nitrogens with zero attached hydrogens (tertiary/aromatic N) is 4. The van der Waals surface area contributed by atoms with Gasteiger partial charge in [0.05, 0.1) is 11.6 Å². The fraction of sp³-hybridized carbons (Fsp3) is 0.0769. The molecule has 0 aliphatic rings. The Morgan fingerprint density at radius 3 is 2.75 bits per heavy atom. The van der Waals surface area contributed by atoms with Crippen molar-refractivity contribution in [1.82, 2.24) is 19.9 Å². The summed E-state index contributed by atoms with van der Waals surface area (Å²) in [7, 11) is 0. The minimum Gasteiger partial charge on any atom is -0.382 e. The normalized spacial score (nSPS) is 10.6. The van der Waals surface area contributed by atoms with Gasteiger partial charge in [0.1, 0.15) is 11.8 Å². The molecule has 0 fully saturated rings. The lowest BCUT2D eigenvalue weighted by atomic mass is 10.2. The molecule has 3 aromatic rings. The van der Waals surface area contributed by atoms with Gasteiger partial charge >= 0.3 is 0 Å². The summed E-state index contributed by atoms with van der Waals surface area (Å²) in [5.41, 5.74) is 8.75. The van der Waals surface area contributed by atoms with Crippen molar-refractivity contribution in [2.75, 3.05) is 5.73 Å². The lowest BCUT2D eigenvalue weighted by Crippen LogP contribution is -1.91. The topological polar surface area (TPSA) is 104 Å². The van der Waals surface area contributed by atoms with Crippen LogP contribution >= 0.6 is 11.8 Å². The number of nitrogen functional groups attached to an aromatic ring is 1. The first-order valence-corrected chi connectivity index (χ1v) is 6.83. The molecule has 3 N–H and O–H groups in total. The number of nitriles is 1. The maximum absolute atomic E-state index is 8.75. The molecule has 7 heteroatoms. The maximum atomic E-state index is 8.75. The number of imidazole rings is 1. The van der Waals surface area contributed by atoms with Crippen molar-refractivity contribution in [2.45, 2.75) is 10.9 Å². The molecule has 0 amide bonds. The Balaban J connectivity index is 1.76. The smallest absolute Gasteiger partial charge is 0.183 e. The highest BCUT2D eigenvalue weighted by Gasteiger charge is 2.07. The molecule has 0 unspecified atom stereocenters. The molecule has 0 saturated heterocycles. The summed E-state index contributed by atoms with van der Waals surface area (Å²) in [6, 6.07) is 9.57. The number of anilines is 1. The fourth-order valence-electron chi connectivity index (χ4n) is 1.72. The van der Waals surface area contributed by atoms with E-state index in [0.29, 0.717) is 22.5 Å². The number of thioether (sulfide) groups is 1. The lowest BCUT2D eigenvalue weighted by Gasteiger charge is -1.98. The van der Waals surface area contributed by atoms with Crippen LogP contribution in [0.1, 0.15) is 11.1 Å². The van der Waals surface area contributed by atoms with Gasteiger partial charge in [0.15, 0.2) is 16.6 Å². The van der Waals surface area contributed by atoms with Gasteiger partial charge in [-0.05, 0) is 17.7 Å². The number of fused-ring (bicyclic) bond motifs is 1. The van der Waals surface area contributed by atoms with Gasteiger partial charge in [-0.25, -0.2) is 15.0 Å². The van der Waals surface area contributed by atoms with E-state index in [0.717, 1.165) is 16.5 Å². The van der Waals surface area contributed by atoms with Crippen molar-refractivity contribution in [3.63, 3.8) is 0 Å². The van der Waals surface area contributed by atoms with Gasteiger partial charge in [0.2, 0.25) is 0 Å². The predicted molar refractivity (Wildman–Crippen MR) is 76.8 cm³/mol. The van der Waals surface area contributed by atoms with E-state index in [1.165, 1.54) is 6.33 Å². The zero-order chi connectivity index (χ0) is 13.9. The number of nitrogens with one attached hydrogen (secondary N) is 1. The molecular formula is C13H10N6S. The maximum Gasteiger partial charge on any atom is 0.183 e. The molecule has 6 nitrogen and oxygen atoms in total. The summed E-state index contributed by atoms with van der Waals surface area (Å²) in [4.78, 5) is 15.4. The minimum atomic E-state index is 0.396. The molecule has 0 atom stereocenters. The van der Waals surface area contributed by atoms with Crippen LogP contribution in [0.3, 0.4) is 0 Å². The monoisotopic (exact) mass is 282 g/mol. The highest BCUT2D eigenvalue weighted by atomic mass is 32.2. The van der Waals surface area contributed by atoms with Crippen LogP contribution in [0.2, 0.25) is 0 Å². The van der Waals surface area contributed by atoms with Crippen molar-refractivity contribution >= 4 is 28.7 Å². The standard InChI is InChI=1S/C13H10N6S/c14-5-8-1-3-9(4-2-8)6-20-13-18-10-11(15)16-7-17-12(10)19-13/h1-4,7H,6H2,(H3,15,16,17,18,19). The molecular weight excluding hydrogens is 272 g/mol. The Hall–Kier alpha value is -2.59. The molecule has 0 aliphatic heterocycles. The summed E-state index contributed by atoms with van der Waals surface area (Å²) in [5, 5.41) is 9.49. The summed E-state index contributed by atoms with van der Waals surface area (Å²) in [6.07, 6.45) is 1.40. The molecule has 0 aliphatic carbocycles. The van der Waals surface area contributed by atoms with E-state index < -0.39 is 0 Å². The SMILES string of the molecule is N#Cc1ccc(CSc2nc3ncnc(N)c3[nH]2)cc1. The Morgan fingerprint density at radius 1 is 1.25 bits per heavy atom. The predicted octanol–water partition coefficient (Wildman–Crippen LogP) is 2.10. The molecule has 98 valence electrons. The van der Waals surface area contributed by atoms with E-state index in [2.05, 4.69) is 26.0 Å². The Kier molecular flexibility index (Phi) is 3.23. The van der Waals surface area contributed by atoms with Crippen LogP contribution in [0.5, 0.6) is 0 Å². The summed E-state index contributed by atoms with van der Waals surface area (Å²) >= 11 is 1.55. The van der Waals surface area contributed by atoms with Gasteiger partial charge in [-0.3, -0.25) is 0 Å². The molecule has 0 bridgehead atoms. The number of hydrogen-bond donors (Lipinski definition) is 2. The average molecular weight is 282 g/mol. The lowest BCUT2D eigenvalue weighted by molar-refractivity contribution is 1.07. The molecule has 2 aromatic heterocycles. The van der Waals surface area contributed by atoms with Crippen molar-refractivity contribution in [2.24, 2.45) is 0 Å². The highest BCUT2D eigenvalue weighted by Crippen LogP contribution is 2.23. The number of H-pyrrole nitrogens is 1. The molecule has 0 spiro atoms. The van der Waals surface area contributed by atoms with Gasteiger partial charge < -0.3 is 10.7 Å². The average Bonchev–Trinajstić information content (AvgIpc) is 2.90. The first-order valence-electron chi connectivity index (χ1n) is 5.84. The van der Waals surface area contributed by atoms with E-state index in [4.69, 9.17) is 11.0 Å². The second-order valence-corrected chi connectivity index (χ2v) is 5.06. The van der Waals surface area contributed by atoms with Gasteiger partial charge in [0.25, 0.3) is 0 Å². The largest absolute Gasteiger partial charge is 0.382 e. The zero-order valence-corrected chi connectivity index (χ0v) is 11.2. The minimum absolute atomic E-state index is 0.396. The van der Waals surface area contributed by atoms with E-state index in [-0.39, 0.29) is 0 Å². The number of aromatic amines is 1. The molecule has 2 heterocycles. The van der Waals surface area contributed by atoms with Gasteiger partial charge in [-0.2, -0.15) is 5.26 Å². The Labute approximate surface area is 119 Å². The van der Waals surface area contributed by atoms with Crippen molar-refractivity contribution in [1.29, 1.82) is 5.26 Å². The van der Waals surface area contributed by atoms with Crippen LogP contribution in [-0.2, 0) is 5.75 Å². The molecule has 20 heavy (non-hydrogen) atoms. The number of rotatable bonds is 3. The molecule has 1 aromatic carbocycles. The van der Waals surface area contributed by atoms with Gasteiger partial charge in [-0.1, -0.05) is 23.9 Å². The van der Waals surface area contributed by atoms with E-state index >= 15 is 0 Å². The highest BCUT2D eigenvalue weighted by molar-refractivity contribution is 7.98. The Bertz CT molecular complexity index is 787.